The second-order valence-electron chi connectivity index (χ2n) is 5.20. The van der Waals surface area contributed by atoms with Crippen LogP contribution in [0, 0.1) is 0 Å². The van der Waals surface area contributed by atoms with Crippen LogP contribution < -0.4 is 3.11 Å². The first kappa shape index (κ1) is 16.5. The molecule has 0 radical (unpaired) electrons. The Balaban J connectivity index is 1.80. The molecule has 0 saturated heterocycles. The lowest BCUT2D eigenvalue weighted by atomic mass is 10.1. The minimum absolute atomic E-state index is 0.264. The van der Waals surface area contributed by atoms with Gasteiger partial charge in [0.05, 0.1) is 39.8 Å². The third-order valence-corrected chi connectivity index (χ3v) is 4.61. The zero-order chi connectivity index (χ0) is 16.8. The topological polar surface area (TPSA) is 29.5 Å². The molecule has 120 valence electrons. The molecule has 0 aliphatic carbocycles. The van der Waals surface area contributed by atoms with Gasteiger partial charge in [-0.15, -0.1) is 0 Å². The van der Waals surface area contributed by atoms with E-state index in [1.165, 1.54) is 0 Å². The van der Waals surface area contributed by atoms with Crippen LogP contribution in [0.3, 0.4) is 0 Å². The van der Waals surface area contributed by atoms with E-state index in [9.17, 15) is 4.79 Å². The highest BCUT2D eigenvalue weighted by Crippen LogP contribution is 2.32. The molecule has 3 rings (SSSR count). The molecule has 0 amide bonds. The zero-order valence-corrected chi connectivity index (χ0v) is 15.1. The van der Waals surface area contributed by atoms with Gasteiger partial charge in [0.2, 0.25) is 0 Å². The molecule has 0 saturated carbocycles. The maximum Gasteiger partial charge on any atom is 0.340 e. The van der Waals surface area contributed by atoms with Crippen molar-refractivity contribution in [1.29, 1.82) is 0 Å². The molecule has 3 aromatic rings. The Bertz CT molecular complexity index is 806. The second kappa shape index (κ2) is 7.97. The van der Waals surface area contributed by atoms with Gasteiger partial charge in [0.15, 0.2) is 0 Å². The van der Waals surface area contributed by atoms with Crippen molar-refractivity contribution in [2.75, 3.05) is 3.11 Å². The molecule has 3 nitrogen and oxygen atoms in total. The summed E-state index contributed by atoms with van der Waals surface area (Å²) in [4.78, 5) is 12.5. The summed E-state index contributed by atoms with van der Waals surface area (Å²) in [6.07, 6.45) is 0. The molecule has 4 heteroatoms. The van der Waals surface area contributed by atoms with Gasteiger partial charge < -0.3 is 4.74 Å². The molecule has 24 heavy (non-hydrogen) atoms. The van der Waals surface area contributed by atoms with Gasteiger partial charge in [-0.1, -0.05) is 60.7 Å². The number of hydrogen-bond acceptors (Lipinski definition) is 3. The Morgan fingerprint density at radius 2 is 1.42 bits per heavy atom. The molecule has 0 aliphatic heterocycles. The Morgan fingerprint density at radius 1 is 0.833 bits per heavy atom. The summed E-state index contributed by atoms with van der Waals surface area (Å²) in [6, 6.07) is 27.0. The highest BCUT2D eigenvalue weighted by atomic mass is 127. The van der Waals surface area contributed by atoms with E-state index in [0.29, 0.717) is 5.56 Å². The highest BCUT2D eigenvalue weighted by molar-refractivity contribution is 14.1. The van der Waals surface area contributed by atoms with E-state index in [0.717, 1.165) is 16.9 Å². The average Bonchev–Trinajstić information content (AvgIpc) is 2.67. The third kappa shape index (κ3) is 3.94. The van der Waals surface area contributed by atoms with Crippen molar-refractivity contribution in [2.45, 2.75) is 6.61 Å². The first-order valence-corrected chi connectivity index (χ1v) is 8.53. The summed E-state index contributed by atoms with van der Waals surface area (Å²) in [5.41, 5.74) is 3.33. The number of anilines is 2. The summed E-state index contributed by atoms with van der Waals surface area (Å²) in [7, 11) is 0. The van der Waals surface area contributed by atoms with E-state index >= 15 is 0 Å². The van der Waals surface area contributed by atoms with Crippen LogP contribution in [0.4, 0.5) is 11.4 Å². The minimum atomic E-state index is -0.327. The maximum atomic E-state index is 12.5. The van der Waals surface area contributed by atoms with Crippen LogP contribution in [0.1, 0.15) is 15.9 Å². The fraction of sp³-hybridized carbons (Fsp3) is 0.0500. The van der Waals surface area contributed by atoms with Gasteiger partial charge in [0, 0.05) is 0 Å². The Labute approximate surface area is 155 Å². The first-order chi connectivity index (χ1) is 11.8. The quantitative estimate of drug-likeness (QED) is 0.304. The van der Waals surface area contributed by atoms with E-state index in [1.54, 1.807) is 6.07 Å². The fourth-order valence-electron chi connectivity index (χ4n) is 2.32. The number of halogens is 1. The molecular formula is C20H16INO2. The van der Waals surface area contributed by atoms with Gasteiger partial charge in [-0.05, 0) is 29.8 Å². The molecule has 0 fully saturated rings. The molecule has 0 N–H and O–H groups in total. The molecule has 0 aliphatic rings. The standard InChI is InChI=1S/C20H16INO2/c21-22(17-11-5-2-6-12-17)19-14-8-7-13-18(19)20(23)24-15-16-9-3-1-4-10-16/h1-14H,15H2. The van der Waals surface area contributed by atoms with Crippen LogP contribution in [0.25, 0.3) is 0 Å². The van der Waals surface area contributed by atoms with Crippen molar-refractivity contribution in [2.24, 2.45) is 0 Å². The number of para-hydroxylation sites is 2. The van der Waals surface area contributed by atoms with Crippen molar-refractivity contribution in [3.05, 3.63) is 96.1 Å². The molecule has 3 aromatic carbocycles. The van der Waals surface area contributed by atoms with Gasteiger partial charge in [-0.2, -0.15) is 0 Å². The summed E-state index contributed by atoms with van der Waals surface area (Å²) in [5.74, 6) is -0.327. The molecule has 0 unspecified atom stereocenters. The number of esters is 1. The number of nitrogens with zero attached hydrogens (tertiary/aromatic N) is 1. The van der Waals surface area contributed by atoms with Crippen molar-refractivity contribution in [3.8, 4) is 0 Å². The minimum Gasteiger partial charge on any atom is -0.457 e. The highest BCUT2D eigenvalue weighted by Gasteiger charge is 2.17. The van der Waals surface area contributed by atoms with Crippen molar-refractivity contribution >= 4 is 40.2 Å². The van der Waals surface area contributed by atoms with Gasteiger partial charge in [-0.25, -0.2) is 4.79 Å². The normalized spacial score (nSPS) is 10.2. The lowest BCUT2D eigenvalue weighted by Crippen LogP contribution is -2.11. The van der Waals surface area contributed by atoms with Crippen LogP contribution in [-0.4, -0.2) is 5.97 Å². The van der Waals surface area contributed by atoms with Crippen LogP contribution in [0.2, 0.25) is 0 Å². The predicted octanol–water partition coefficient (Wildman–Crippen LogP) is 5.53. The van der Waals surface area contributed by atoms with Crippen LogP contribution in [0.5, 0.6) is 0 Å². The Kier molecular flexibility index (Phi) is 5.48. The Hall–Kier alpha value is -2.34. The van der Waals surface area contributed by atoms with E-state index < -0.39 is 0 Å². The number of rotatable bonds is 5. The molecule has 0 atom stereocenters. The van der Waals surface area contributed by atoms with Crippen LogP contribution in [0.15, 0.2) is 84.9 Å². The number of hydrogen-bond donors (Lipinski definition) is 0. The zero-order valence-electron chi connectivity index (χ0n) is 12.9. The fourth-order valence-corrected chi connectivity index (χ4v) is 3.06. The molecule has 0 bridgehead atoms. The lowest BCUT2D eigenvalue weighted by Gasteiger charge is -2.19. The van der Waals surface area contributed by atoms with Crippen molar-refractivity contribution in [1.82, 2.24) is 0 Å². The van der Waals surface area contributed by atoms with Gasteiger partial charge in [-0.3, -0.25) is 3.11 Å². The average molecular weight is 429 g/mol. The van der Waals surface area contributed by atoms with Crippen LogP contribution in [-0.2, 0) is 11.3 Å². The number of benzene rings is 3. The maximum absolute atomic E-state index is 12.5. The third-order valence-electron chi connectivity index (χ3n) is 3.53. The number of ether oxygens (including phenoxy) is 1. The Morgan fingerprint density at radius 3 is 2.12 bits per heavy atom. The van der Waals surface area contributed by atoms with E-state index in [1.807, 2.05) is 82.0 Å². The first-order valence-electron chi connectivity index (χ1n) is 7.57. The predicted molar refractivity (Wildman–Crippen MR) is 105 cm³/mol. The van der Waals surface area contributed by atoms with E-state index in [4.69, 9.17) is 4.74 Å². The summed E-state index contributed by atoms with van der Waals surface area (Å²) >= 11 is 2.20. The smallest absolute Gasteiger partial charge is 0.340 e. The van der Waals surface area contributed by atoms with Crippen molar-refractivity contribution < 1.29 is 9.53 Å². The molecular weight excluding hydrogens is 413 g/mol. The number of carbonyl (C=O) groups excluding carboxylic acids is 1. The largest absolute Gasteiger partial charge is 0.457 e. The van der Waals surface area contributed by atoms with Gasteiger partial charge in [0.1, 0.15) is 6.61 Å². The molecule has 0 aromatic heterocycles. The number of carbonyl (C=O) groups is 1. The molecule has 0 heterocycles. The SMILES string of the molecule is O=C(OCc1ccccc1)c1ccccc1N(I)c1ccccc1. The second-order valence-corrected chi connectivity index (χ2v) is 6.16. The summed E-state index contributed by atoms with van der Waals surface area (Å²) < 4.78 is 7.43. The van der Waals surface area contributed by atoms with Crippen molar-refractivity contribution in [3.63, 3.8) is 0 Å². The monoisotopic (exact) mass is 429 g/mol. The van der Waals surface area contributed by atoms with E-state index in [-0.39, 0.29) is 12.6 Å². The molecule has 0 spiro atoms. The van der Waals surface area contributed by atoms with Gasteiger partial charge >= 0.3 is 5.97 Å². The summed E-state index contributed by atoms with van der Waals surface area (Å²) in [6.45, 7) is 0.264. The van der Waals surface area contributed by atoms with Crippen LogP contribution >= 0.6 is 22.9 Å². The van der Waals surface area contributed by atoms with Gasteiger partial charge in [0.25, 0.3) is 0 Å². The summed E-state index contributed by atoms with van der Waals surface area (Å²) in [5, 5.41) is 0. The lowest BCUT2D eigenvalue weighted by molar-refractivity contribution is 0.0474. The van der Waals surface area contributed by atoms with E-state index in [2.05, 4.69) is 22.9 Å².